The first-order valence-corrected chi connectivity index (χ1v) is 8.87. The maximum absolute atomic E-state index is 12.1. The normalized spacial score (nSPS) is 21.3. The number of carbonyl (C=O) groups excluding carboxylic acids is 1. The fraction of sp³-hybridized carbons (Fsp3) is 0.529. The Morgan fingerprint density at radius 2 is 1.91 bits per heavy atom. The summed E-state index contributed by atoms with van der Waals surface area (Å²) in [5, 5.41) is 12.3. The second kappa shape index (κ2) is 8.82. The summed E-state index contributed by atoms with van der Waals surface area (Å²) in [5.41, 5.74) is 0. The van der Waals surface area contributed by atoms with E-state index in [9.17, 15) is 14.7 Å². The van der Waals surface area contributed by atoms with E-state index in [-0.39, 0.29) is 17.7 Å². The van der Waals surface area contributed by atoms with Crippen molar-refractivity contribution in [1.29, 1.82) is 0 Å². The third kappa shape index (κ3) is 5.46. The van der Waals surface area contributed by atoms with Crippen LogP contribution in [-0.2, 0) is 9.59 Å². The Morgan fingerprint density at radius 1 is 1.22 bits per heavy atom. The topological polar surface area (TPSA) is 75.6 Å². The highest BCUT2D eigenvalue weighted by Gasteiger charge is 2.30. The van der Waals surface area contributed by atoms with E-state index in [1.165, 1.54) is 11.8 Å². The van der Waals surface area contributed by atoms with Crippen LogP contribution in [0.2, 0.25) is 0 Å². The number of carbonyl (C=O) groups is 2. The van der Waals surface area contributed by atoms with Crippen LogP contribution in [-0.4, -0.2) is 35.9 Å². The van der Waals surface area contributed by atoms with Crippen LogP contribution in [0.1, 0.15) is 32.1 Å². The molecule has 1 amide bonds. The van der Waals surface area contributed by atoms with Crippen molar-refractivity contribution in [3.05, 3.63) is 24.3 Å². The van der Waals surface area contributed by atoms with E-state index in [1.54, 1.807) is 7.11 Å². The van der Waals surface area contributed by atoms with Crippen LogP contribution in [0.15, 0.2) is 29.2 Å². The molecular formula is C17H23NO4S. The van der Waals surface area contributed by atoms with Crippen molar-refractivity contribution in [2.45, 2.75) is 43.0 Å². The Bertz CT molecular complexity index is 532. The monoisotopic (exact) mass is 337 g/mol. The zero-order valence-electron chi connectivity index (χ0n) is 13.3. The predicted octanol–water partition coefficient (Wildman–Crippen LogP) is 2.94. The van der Waals surface area contributed by atoms with Gasteiger partial charge in [0.05, 0.1) is 18.8 Å². The van der Waals surface area contributed by atoms with E-state index in [1.807, 2.05) is 24.3 Å². The third-order valence-corrected chi connectivity index (χ3v) is 5.12. The van der Waals surface area contributed by atoms with Crippen LogP contribution in [0, 0.1) is 5.92 Å². The van der Waals surface area contributed by atoms with Crippen molar-refractivity contribution in [1.82, 2.24) is 5.32 Å². The number of rotatable bonds is 6. The highest BCUT2D eigenvalue weighted by Crippen LogP contribution is 2.25. The molecule has 1 saturated carbocycles. The lowest BCUT2D eigenvalue weighted by Gasteiger charge is -2.22. The summed E-state index contributed by atoms with van der Waals surface area (Å²) >= 11 is 1.44. The van der Waals surface area contributed by atoms with Gasteiger partial charge in [-0.3, -0.25) is 9.59 Å². The molecule has 5 nitrogen and oxygen atoms in total. The van der Waals surface area contributed by atoms with E-state index < -0.39 is 11.9 Å². The number of nitrogens with one attached hydrogen (secondary N) is 1. The third-order valence-electron chi connectivity index (χ3n) is 4.11. The molecule has 0 saturated heterocycles. The maximum Gasteiger partial charge on any atom is 0.308 e. The minimum atomic E-state index is -0.806. The van der Waals surface area contributed by atoms with Crippen LogP contribution in [0.25, 0.3) is 0 Å². The number of carboxylic acids is 1. The number of amides is 1. The van der Waals surface area contributed by atoms with Gasteiger partial charge in [-0.05, 0) is 37.1 Å². The molecule has 1 aliphatic rings. The van der Waals surface area contributed by atoms with Crippen LogP contribution in [0.5, 0.6) is 5.75 Å². The Hall–Kier alpha value is -1.69. The lowest BCUT2D eigenvalue weighted by atomic mass is 9.95. The number of aliphatic carboxylic acids is 1. The molecule has 126 valence electrons. The second-order valence-corrected chi connectivity index (χ2v) is 6.77. The summed E-state index contributed by atoms with van der Waals surface area (Å²) in [6, 6.07) is 7.27. The molecule has 0 aromatic heterocycles. The number of carboxylic acid groups (broad SMARTS) is 1. The van der Waals surface area contributed by atoms with Crippen molar-refractivity contribution in [2.24, 2.45) is 5.92 Å². The van der Waals surface area contributed by atoms with Gasteiger partial charge in [0, 0.05) is 10.9 Å². The standard InChI is InChI=1S/C17H23NO4S/c1-22-12-7-9-13(10-8-12)23-11-16(19)18-15-6-4-2-3-5-14(15)17(20)21/h7-10,14-15H,2-6,11H2,1H3,(H,18,19)(H,20,21)/t14-,15+/m1/s1. The molecule has 1 aromatic carbocycles. The van der Waals surface area contributed by atoms with Gasteiger partial charge in [-0.2, -0.15) is 0 Å². The minimum absolute atomic E-state index is 0.107. The molecule has 2 rings (SSSR count). The Kier molecular flexibility index (Phi) is 6.77. The van der Waals surface area contributed by atoms with Crippen LogP contribution in [0.4, 0.5) is 0 Å². The smallest absolute Gasteiger partial charge is 0.308 e. The number of ether oxygens (including phenoxy) is 1. The zero-order valence-corrected chi connectivity index (χ0v) is 14.1. The van der Waals surface area contributed by atoms with Gasteiger partial charge < -0.3 is 15.2 Å². The highest BCUT2D eigenvalue weighted by molar-refractivity contribution is 8.00. The fourth-order valence-electron chi connectivity index (χ4n) is 2.85. The molecular weight excluding hydrogens is 314 g/mol. The highest BCUT2D eigenvalue weighted by atomic mass is 32.2. The molecule has 2 N–H and O–H groups in total. The minimum Gasteiger partial charge on any atom is -0.497 e. The van der Waals surface area contributed by atoms with E-state index in [2.05, 4.69) is 5.32 Å². The number of hydrogen-bond donors (Lipinski definition) is 2. The quantitative estimate of drug-likeness (QED) is 0.616. The molecule has 0 bridgehead atoms. The largest absolute Gasteiger partial charge is 0.497 e. The van der Waals surface area contributed by atoms with E-state index in [4.69, 9.17) is 4.74 Å². The summed E-state index contributed by atoms with van der Waals surface area (Å²) in [6.07, 6.45) is 4.32. The molecule has 1 aromatic rings. The molecule has 0 radical (unpaired) electrons. The molecule has 0 unspecified atom stereocenters. The summed E-state index contributed by atoms with van der Waals surface area (Å²) in [4.78, 5) is 24.5. The van der Waals surface area contributed by atoms with Gasteiger partial charge in [0.15, 0.2) is 0 Å². The van der Waals surface area contributed by atoms with Crippen molar-refractivity contribution < 1.29 is 19.4 Å². The van der Waals surface area contributed by atoms with Gasteiger partial charge in [0.25, 0.3) is 0 Å². The summed E-state index contributed by atoms with van der Waals surface area (Å²) < 4.78 is 5.10. The molecule has 0 heterocycles. The van der Waals surface area contributed by atoms with Crippen LogP contribution >= 0.6 is 11.8 Å². The average Bonchev–Trinajstić information content (AvgIpc) is 2.79. The van der Waals surface area contributed by atoms with Crippen molar-refractivity contribution in [3.63, 3.8) is 0 Å². The van der Waals surface area contributed by atoms with Crippen LogP contribution in [0.3, 0.4) is 0 Å². The zero-order chi connectivity index (χ0) is 16.7. The molecule has 0 aliphatic heterocycles. The predicted molar refractivity (Wildman–Crippen MR) is 89.9 cm³/mol. The van der Waals surface area contributed by atoms with Gasteiger partial charge in [-0.1, -0.05) is 19.3 Å². The first-order valence-electron chi connectivity index (χ1n) is 7.89. The molecule has 0 spiro atoms. The van der Waals surface area contributed by atoms with E-state index in [0.717, 1.165) is 36.3 Å². The lowest BCUT2D eigenvalue weighted by Crippen LogP contribution is -2.43. The summed E-state index contributed by atoms with van der Waals surface area (Å²) in [5.74, 6) is -0.312. The van der Waals surface area contributed by atoms with Gasteiger partial charge in [0.2, 0.25) is 5.91 Å². The molecule has 6 heteroatoms. The maximum atomic E-state index is 12.1. The molecule has 23 heavy (non-hydrogen) atoms. The van der Waals surface area contributed by atoms with Crippen molar-refractivity contribution in [2.75, 3.05) is 12.9 Å². The first-order chi connectivity index (χ1) is 11.1. The fourth-order valence-corrected chi connectivity index (χ4v) is 3.55. The molecule has 1 fully saturated rings. The lowest BCUT2D eigenvalue weighted by molar-refractivity contribution is -0.143. The van der Waals surface area contributed by atoms with E-state index >= 15 is 0 Å². The molecule has 2 atom stereocenters. The van der Waals surface area contributed by atoms with Crippen LogP contribution < -0.4 is 10.1 Å². The Balaban J connectivity index is 1.85. The Labute approximate surface area is 140 Å². The average molecular weight is 337 g/mol. The number of thioether (sulfide) groups is 1. The number of hydrogen-bond acceptors (Lipinski definition) is 4. The number of benzene rings is 1. The van der Waals surface area contributed by atoms with Gasteiger partial charge >= 0.3 is 5.97 Å². The number of methoxy groups -OCH3 is 1. The van der Waals surface area contributed by atoms with Gasteiger partial charge in [-0.25, -0.2) is 0 Å². The molecule has 1 aliphatic carbocycles. The van der Waals surface area contributed by atoms with Gasteiger partial charge in [-0.15, -0.1) is 11.8 Å². The van der Waals surface area contributed by atoms with Crippen molar-refractivity contribution in [3.8, 4) is 5.75 Å². The SMILES string of the molecule is COc1ccc(SCC(=O)N[C@H]2CCCCC[C@H]2C(=O)O)cc1. The first kappa shape index (κ1) is 17.7. The van der Waals surface area contributed by atoms with Gasteiger partial charge in [0.1, 0.15) is 5.75 Å². The van der Waals surface area contributed by atoms with E-state index in [0.29, 0.717) is 6.42 Å². The second-order valence-electron chi connectivity index (χ2n) is 5.72. The Morgan fingerprint density at radius 3 is 2.57 bits per heavy atom. The summed E-state index contributed by atoms with van der Waals surface area (Å²) in [7, 11) is 1.61. The summed E-state index contributed by atoms with van der Waals surface area (Å²) in [6.45, 7) is 0. The van der Waals surface area contributed by atoms with Crippen molar-refractivity contribution >= 4 is 23.6 Å².